The molecule has 6 rings (SSSR count). The molecule has 258 valence electrons. The lowest BCUT2D eigenvalue weighted by Gasteiger charge is -2.31. The molecule has 1 aromatic carbocycles. The number of aliphatic hydroxyl groups is 1. The Hall–Kier alpha value is -4.07. The molecule has 2 heterocycles. The number of benzene rings is 1. The standard InChI is InChI=1S/C35H42N2O11/c1-34(2)19-44-33(43)30(34)46-28(40)11-6-20-4-3-5-21(16-20)32(42)45-25-17-22(31(41)37-13-12-27(39)36-14-15-38)18-26-29(25)48-35(47-26,23-7-8-23)24-9-10-24/h3-6,11,16,18,23-26,29-30,38H,7-10,12-15,17,19H2,1-2H3,(H,36,39)(H,37,41). The number of aliphatic hydroxyl groups excluding tert-OH is 1. The Kier molecular flexibility index (Phi) is 9.73. The molecule has 13 nitrogen and oxygen atoms in total. The Morgan fingerprint density at radius 1 is 1.02 bits per heavy atom. The molecule has 4 atom stereocenters. The third kappa shape index (κ3) is 7.48. The van der Waals surface area contributed by atoms with Crippen LogP contribution in [0.3, 0.4) is 0 Å². The molecule has 2 saturated carbocycles. The Morgan fingerprint density at radius 2 is 1.77 bits per heavy atom. The summed E-state index contributed by atoms with van der Waals surface area (Å²) in [4.78, 5) is 63.1. The van der Waals surface area contributed by atoms with Gasteiger partial charge in [0.05, 0.1) is 12.2 Å². The quantitative estimate of drug-likeness (QED) is 0.159. The van der Waals surface area contributed by atoms with Gasteiger partial charge in [-0.1, -0.05) is 26.0 Å². The number of hydrogen-bond donors (Lipinski definition) is 3. The van der Waals surface area contributed by atoms with Gasteiger partial charge < -0.3 is 39.4 Å². The van der Waals surface area contributed by atoms with Crippen molar-refractivity contribution in [3.63, 3.8) is 0 Å². The number of amides is 2. The van der Waals surface area contributed by atoms with Crippen LogP contribution in [0, 0.1) is 17.3 Å². The summed E-state index contributed by atoms with van der Waals surface area (Å²) in [5.41, 5.74) is 0.494. The summed E-state index contributed by atoms with van der Waals surface area (Å²) in [6.45, 7) is 3.76. The predicted octanol–water partition coefficient (Wildman–Crippen LogP) is 1.97. The van der Waals surface area contributed by atoms with Crippen LogP contribution in [-0.2, 0) is 42.9 Å². The third-order valence-corrected chi connectivity index (χ3v) is 9.31. The van der Waals surface area contributed by atoms with E-state index >= 15 is 0 Å². The van der Waals surface area contributed by atoms with Crippen LogP contribution in [0.25, 0.3) is 6.08 Å². The van der Waals surface area contributed by atoms with Gasteiger partial charge in [0, 0.05) is 54.8 Å². The van der Waals surface area contributed by atoms with Crippen molar-refractivity contribution in [1.82, 2.24) is 10.6 Å². The number of fused-ring (bicyclic) bond motifs is 1. The van der Waals surface area contributed by atoms with Crippen LogP contribution in [0.15, 0.2) is 42.0 Å². The van der Waals surface area contributed by atoms with Gasteiger partial charge in [0.1, 0.15) is 24.9 Å². The smallest absolute Gasteiger partial charge is 0.348 e. The maximum atomic E-state index is 13.5. The number of hydrogen-bond acceptors (Lipinski definition) is 11. The average Bonchev–Trinajstić information content (AvgIpc) is 4.01. The van der Waals surface area contributed by atoms with Gasteiger partial charge in [-0.2, -0.15) is 0 Å². The van der Waals surface area contributed by atoms with Crippen molar-refractivity contribution in [3.05, 3.63) is 53.1 Å². The lowest BCUT2D eigenvalue weighted by atomic mass is 9.90. The molecule has 2 aliphatic heterocycles. The van der Waals surface area contributed by atoms with Crippen molar-refractivity contribution < 1.29 is 52.8 Å². The lowest BCUT2D eigenvalue weighted by molar-refractivity contribution is -0.209. The minimum atomic E-state index is -1.01. The molecule has 3 N–H and O–H groups in total. The average molecular weight is 667 g/mol. The number of nitrogens with one attached hydrogen (secondary N) is 2. The van der Waals surface area contributed by atoms with Gasteiger partial charge in [-0.05, 0) is 55.5 Å². The zero-order valence-corrected chi connectivity index (χ0v) is 27.1. The van der Waals surface area contributed by atoms with Gasteiger partial charge in [-0.3, -0.25) is 9.59 Å². The molecular formula is C35H42N2O11. The normalized spacial score (nSPS) is 27.1. The molecule has 5 aliphatic rings. The topological polar surface area (TPSA) is 176 Å². The molecule has 1 aromatic rings. The molecule has 0 spiro atoms. The Balaban J connectivity index is 1.13. The van der Waals surface area contributed by atoms with Crippen molar-refractivity contribution in [2.45, 2.75) is 82.6 Å². The summed E-state index contributed by atoms with van der Waals surface area (Å²) in [5.74, 6) is -2.86. The van der Waals surface area contributed by atoms with Gasteiger partial charge in [0.25, 0.3) is 0 Å². The highest BCUT2D eigenvalue weighted by Crippen LogP contribution is 2.59. The van der Waals surface area contributed by atoms with Crippen LogP contribution < -0.4 is 10.6 Å². The van der Waals surface area contributed by atoms with Gasteiger partial charge >= 0.3 is 17.9 Å². The molecule has 3 aliphatic carbocycles. The fourth-order valence-electron chi connectivity index (χ4n) is 6.49. The molecule has 0 bridgehead atoms. The molecular weight excluding hydrogens is 624 g/mol. The van der Waals surface area contributed by atoms with E-state index in [0.717, 1.165) is 25.7 Å². The van der Waals surface area contributed by atoms with Crippen molar-refractivity contribution in [2.24, 2.45) is 17.3 Å². The number of cyclic esters (lactones) is 1. The van der Waals surface area contributed by atoms with Crippen molar-refractivity contribution in [2.75, 3.05) is 26.3 Å². The minimum absolute atomic E-state index is 0.0448. The number of carbonyl (C=O) groups excluding carboxylic acids is 5. The van der Waals surface area contributed by atoms with Crippen molar-refractivity contribution in [3.8, 4) is 0 Å². The molecule has 2 amide bonds. The van der Waals surface area contributed by atoms with E-state index in [2.05, 4.69) is 10.6 Å². The molecule has 0 radical (unpaired) electrons. The lowest BCUT2D eigenvalue weighted by Crippen LogP contribution is -2.44. The van der Waals surface area contributed by atoms with Crippen molar-refractivity contribution in [1.29, 1.82) is 0 Å². The monoisotopic (exact) mass is 666 g/mol. The highest BCUT2D eigenvalue weighted by Gasteiger charge is 2.64. The van der Waals surface area contributed by atoms with E-state index in [-0.39, 0.29) is 62.5 Å². The highest BCUT2D eigenvalue weighted by molar-refractivity contribution is 5.95. The molecule has 4 unspecified atom stereocenters. The Bertz CT molecular complexity index is 1500. The summed E-state index contributed by atoms with van der Waals surface area (Å²) in [7, 11) is 0. The maximum absolute atomic E-state index is 13.5. The fraction of sp³-hybridized carbons (Fsp3) is 0.571. The van der Waals surface area contributed by atoms with E-state index in [9.17, 15) is 24.0 Å². The van der Waals surface area contributed by atoms with Gasteiger partial charge in [-0.15, -0.1) is 0 Å². The second-order valence-corrected chi connectivity index (χ2v) is 13.7. The summed E-state index contributed by atoms with van der Waals surface area (Å²) in [6, 6.07) is 6.51. The summed E-state index contributed by atoms with van der Waals surface area (Å²) >= 11 is 0. The largest absolute Gasteiger partial charge is 0.462 e. The van der Waals surface area contributed by atoms with Crippen LogP contribution in [0.4, 0.5) is 0 Å². The molecule has 4 fully saturated rings. The molecule has 2 saturated heterocycles. The maximum Gasteiger partial charge on any atom is 0.348 e. The fourth-order valence-corrected chi connectivity index (χ4v) is 6.49. The van der Waals surface area contributed by atoms with Gasteiger partial charge in [0.2, 0.25) is 17.9 Å². The van der Waals surface area contributed by atoms with Crippen LogP contribution in [0.1, 0.15) is 68.3 Å². The van der Waals surface area contributed by atoms with E-state index in [1.165, 1.54) is 12.2 Å². The SMILES string of the molecule is CC1(C)COC(=O)C1OC(=O)C=Cc1cccc(C(=O)OC2CC(C(=O)NCCC(=O)NCCO)=CC3OC(C4CC4)(C4CC4)OC32)c1. The number of rotatable bonds is 13. The van der Waals surface area contributed by atoms with E-state index < -0.39 is 59.4 Å². The van der Waals surface area contributed by atoms with Crippen molar-refractivity contribution >= 4 is 35.8 Å². The zero-order valence-electron chi connectivity index (χ0n) is 27.1. The minimum Gasteiger partial charge on any atom is -0.462 e. The highest BCUT2D eigenvalue weighted by atomic mass is 16.8. The first kappa shape index (κ1) is 33.8. The second kappa shape index (κ2) is 13.8. The van der Waals surface area contributed by atoms with Gasteiger partial charge in [0.15, 0.2) is 5.79 Å². The summed E-state index contributed by atoms with van der Waals surface area (Å²) < 4.78 is 29.6. The van der Waals surface area contributed by atoms with Crippen LogP contribution in [0.5, 0.6) is 0 Å². The van der Waals surface area contributed by atoms with E-state index in [4.69, 9.17) is 28.8 Å². The van der Waals surface area contributed by atoms with E-state index in [1.807, 2.05) is 0 Å². The first-order chi connectivity index (χ1) is 23.0. The Labute approximate surface area is 278 Å². The molecule has 0 aromatic heterocycles. The molecule has 48 heavy (non-hydrogen) atoms. The predicted molar refractivity (Wildman–Crippen MR) is 168 cm³/mol. The first-order valence-electron chi connectivity index (χ1n) is 16.6. The van der Waals surface area contributed by atoms with E-state index in [1.54, 1.807) is 44.2 Å². The van der Waals surface area contributed by atoms with Gasteiger partial charge in [-0.25, -0.2) is 14.4 Å². The third-order valence-electron chi connectivity index (χ3n) is 9.31. The number of esters is 3. The molecule has 13 heteroatoms. The summed E-state index contributed by atoms with van der Waals surface area (Å²) in [6.07, 6.45) is 5.51. The number of ether oxygens (including phenoxy) is 5. The van der Waals surface area contributed by atoms with Crippen LogP contribution in [0.2, 0.25) is 0 Å². The van der Waals surface area contributed by atoms with Crippen LogP contribution >= 0.6 is 0 Å². The number of carbonyl (C=O) groups is 5. The van der Waals surface area contributed by atoms with E-state index in [0.29, 0.717) is 11.1 Å². The zero-order chi connectivity index (χ0) is 34.1. The van der Waals surface area contributed by atoms with Crippen LogP contribution in [-0.4, -0.2) is 91.3 Å². The summed E-state index contributed by atoms with van der Waals surface area (Å²) in [5, 5.41) is 14.2. The Morgan fingerprint density at radius 3 is 2.44 bits per heavy atom. The second-order valence-electron chi connectivity index (χ2n) is 13.7. The first-order valence-corrected chi connectivity index (χ1v) is 16.6.